The zero-order valence-electron chi connectivity index (χ0n) is 9.78. The molecule has 18 heavy (non-hydrogen) atoms. The molecule has 0 unspecified atom stereocenters. The molecule has 0 atom stereocenters. The number of aliphatic carboxylic acids is 1. The molecule has 0 saturated heterocycles. The van der Waals surface area contributed by atoms with Crippen molar-refractivity contribution in [1.82, 2.24) is 5.32 Å². The number of hydrogen-bond acceptors (Lipinski definition) is 2. The molecule has 1 amide bonds. The van der Waals surface area contributed by atoms with Crippen LogP contribution in [0, 0.1) is 8.99 Å². The lowest BCUT2D eigenvalue weighted by Gasteiger charge is -2.37. The maximum Gasteiger partial charge on any atom is 0.311 e. The molecule has 0 bridgehead atoms. The van der Waals surface area contributed by atoms with Gasteiger partial charge in [-0.3, -0.25) is 9.59 Å². The molecule has 2 N–H and O–H groups in total. The first-order valence-electron chi connectivity index (χ1n) is 5.81. The summed E-state index contributed by atoms with van der Waals surface area (Å²) in [5, 5.41) is 11.9. The zero-order valence-corrected chi connectivity index (χ0v) is 11.9. The molecule has 2 rings (SSSR count). The van der Waals surface area contributed by atoms with Gasteiger partial charge in [-0.1, -0.05) is 12.5 Å². The van der Waals surface area contributed by atoms with Crippen molar-refractivity contribution in [3.05, 3.63) is 33.4 Å². The van der Waals surface area contributed by atoms with Crippen molar-refractivity contribution in [2.75, 3.05) is 6.54 Å². The predicted molar refractivity (Wildman–Crippen MR) is 75.4 cm³/mol. The molecule has 5 heteroatoms. The van der Waals surface area contributed by atoms with Gasteiger partial charge in [0.1, 0.15) is 0 Å². The van der Waals surface area contributed by atoms with E-state index >= 15 is 0 Å². The van der Waals surface area contributed by atoms with Crippen LogP contribution in [0.3, 0.4) is 0 Å². The molecule has 1 aliphatic carbocycles. The molecule has 96 valence electrons. The number of carbonyl (C=O) groups is 2. The number of benzene rings is 1. The Morgan fingerprint density at radius 3 is 2.61 bits per heavy atom. The number of hydrogen-bond donors (Lipinski definition) is 2. The SMILES string of the molecule is O=C(NCC1(C(=O)O)CCC1)c1cccc(I)c1. The first-order valence-corrected chi connectivity index (χ1v) is 6.89. The molecule has 1 saturated carbocycles. The maximum absolute atomic E-state index is 11.9. The van der Waals surface area contributed by atoms with Gasteiger partial charge in [-0.2, -0.15) is 0 Å². The molecular formula is C13H14INO3. The van der Waals surface area contributed by atoms with Crippen LogP contribution in [0.5, 0.6) is 0 Å². The van der Waals surface area contributed by atoms with E-state index < -0.39 is 11.4 Å². The van der Waals surface area contributed by atoms with Gasteiger partial charge in [-0.15, -0.1) is 0 Å². The van der Waals surface area contributed by atoms with E-state index in [9.17, 15) is 9.59 Å². The minimum atomic E-state index is -0.809. The summed E-state index contributed by atoms with van der Waals surface area (Å²) in [6.45, 7) is 0.215. The number of nitrogens with one attached hydrogen (secondary N) is 1. The number of carboxylic acids is 1. The first kappa shape index (κ1) is 13.3. The summed E-state index contributed by atoms with van der Waals surface area (Å²) >= 11 is 2.14. The lowest BCUT2D eigenvalue weighted by molar-refractivity contribution is -0.153. The third-order valence-corrected chi connectivity index (χ3v) is 4.11. The summed E-state index contributed by atoms with van der Waals surface area (Å²) in [6, 6.07) is 7.23. The lowest BCUT2D eigenvalue weighted by atomic mass is 9.69. The molecule has 0 aliphatic heterocycles. The van der Waals surface area contributed by atoms with Crippen LogP contribution in [0.2, 0.25) is 0 Å². The van der Waals surface area contributed by atoms with Gasteiger partial charge < -0.3 is 10.4 Å². The van der Waals surface area contributed by atoms with Gasteiger partial charge in [-0.25, -0.2) is 0 Å². The smallest absolute Gasteiger partial charge is 0.311 e. The summed E-state index contributed by atoms with van der Waals surface area (Å²) in [5.74, 6) is -1.02. The van der Waals surface area contributed by atoms with Gasteiger partial charge in [-0.05, 0) is 53.6 Å². The Labute approximate surface area is 119 Å². The van der Waals surface area contributed by atoms with Gasteiger partial charge in [0.05, 0.1) is 5.41 Å². The molecule has 4 nitrogen and oxygen atoms in total. The predicted octanol–water partition coefficient (Wildman–Crippen LogP) is 2.28. The van der Waals surface area contributed by atoms with Crippen molar-refractivity contribution >= 4 is 34.5 Å². The first-order chi connectivity index (χ1) is 8.53. The summed E-state index contributed by atoms with van der Waals surface area (Å²) in [6.07, 6.45) is 2.22. The van der Waals surface area contributed by atoms with E-state index in [2.05, 4.69) is 27.9 Å². The number of rotatable bonds is 4. The third kappa shape index (κ3) is 2.66. The average Bonchev–Trinajstić information content (AvgIpc) is 2.26. The lowest BCUT2D eigenvalue weighted by Crippen LogP contribution is -2.47. The highest BCUT2D eigenvalue weighted by Crippen LogP contribution is 2.40. The normalized spacial score (nSPS) is 16.7. The Kier molecular flexibility index (Phi) is 3.89. The maximum atomic E-state index is 11.9. The number of carboxylic acid groups (broad SMARTS) is 1. The number of amides is 1. The van der Waals surface area contributed by atoms with Crippen LogP contribution < -0.4 is 5.32 Å². The Balaban J connectivity index is 1.98. The fourth-order valence-electron chi connectivity index (χ4n) is 2.05. The second-order valence-corrected chi connectivity index (χ2v) is 5.88. The highest BCUT2D eigenvalue weighted by Gasteiger charge is 2.44. The van der Waals surface area contributed by atoms with Crippen LogP contribution in [0.25, 0.3) is 0 Å². The van der Waals surface area contributed by atoms with E-state index in [-0.39, 0.29) is 12.5 Å². The fraction of sp³-hybridized carbons (Fsp3) is 0.385. The van der Waals surface area contributed by atoms with Crippen LogP contribution in [-0.4, -0.2) is 23.5 Å². The van der Waals surface area contributed by atoms with Gasteiger partial charge in [0.2, 0.25) is 0 Å². The van der Waals surface area contributed by atoms with E-state index in [4.69, 9.17) is 5.11 Å². The Hall–Kier alpha value is -1.11. The van der Waals surface area contributed by atoms with Crippen LogP contribution in [0.15, 0.2) is 24.3 Å². The van der Waals surface area contributed by atoms with Gasteiger partial charge >= 0.3 is 5.97 Å². The van der Waals surface area contributed by atoms with Crippen LogP contribution in [0.4, 0.5) is 0 Å². The van der Waals surface area contributed by atoms with Crippen molar-refractivity contribution in [2.45, 2.75) is 19.3 Å². The van der Waals surface area contributed by atoms with Crippen molar-refractivity contribution in [3.63, 3.8) is 0 Å². The second-order valence-electron chi connectivity index (χ2n) is 4.63. The molecule has 0 aromatic heterocycles. The molecule has 0 radical (unpaired) electrons. The van der Waals surface area contributed by atoms with Crippen LogP contribution in [-0.2, 0) is 4.79 Å². The Bertz CT molecular complexity index is 483. The summed E-state index contributed by atoms with van der Waals surface area (Å²) in [7, 11) is 0. The summed E-state index contributed by atoms with van der Waals surface area (Å²) in [5.41, 5.74) is -0.167. The fourth-order valence-corrected chi connectivity index (χ4v) is 2.59. The van der Waals surface area contributed by atoms with Gasteiger partial charge in [0, 0.05) is 15.7 Å². The van der Waals surface area contributed by atoms with E-state index in [0.717, 1.165) is 9.99 Å². The zero-order chi connectivity index (χ0) is 13.2. The third-order valence-electron chi connectivity index (χ3n) is 3.44. The van der Waals surface area contributed by atoms with Crippen molar-refractivity contribution in [2.24, 2.45) is 5.41 Å². The quantitative estimate of drug-likeness (QED) is 0.811. The highest BCUT2D eigenvalue weighted by molar-refractivity contribution is 14.1. The minimum absolute atomic E-state index is 0.207. The van der Waals surface area contributed by atoms with Gasteiger partial charge in [0.25, 0.3) is 5.91 Å². The largest absolute Gasteiger partial charge is 0.481 e. The van der Waals surface area contributed by atoms with E-state index in [1.54, 1.807) is 12.1 Å². The highest BCUT2D eigenvalue weighted by atomic mass is 127. The van der Waals surface area contributed by atoms with Gasteiger partial charge in [0.15, 0.2) is 0 Å². The average molecular weight is 359 g/mol. The summed E-state index contributed by atoms with van der Waals surface area (Å²) < 4.78 is 0.983. The minimum Gasteiger partial charge on any atom is -0.481 e. The van der Waals surface area contributed by atoms with Crippen LogP contribution in [0.1, 0.15) is 29.6 Å². The molecule has 1 aliphatic rings. The molecule has 1 aromatic rings. The molecule has 0 spiro atoms. The number of halogens is 1. The topological polar surface area (TPSA) is 66.4 Å². The van der Waals surface area contributed by atoms with Crippen LogP contribution >= 0.6 is 22.6 Å². The second kappa shape index (κ2) is 5.26. The number of carbonyl (C=O) groups excluding carboxylic acids is 1. The van der Waals surface area contributed by atoms with E-state index in [0.29, 0.717) is 18.4 Å². The standard InChI is InChI=1S/C13H14INO3/c14-10-4-1-3-9(7-10)11(16)15-8-13(12(17)18)5-2-6-13/h1,3-4,7H,2,5-6,8H2,(H,15,16)(H,17,18). The van der Waals surface area contributed by atoms with E-state index in [1.807, 2.05) is 12.1 Å². The van der Waals surface area contributed by atoms with Crippen molar-refractivity contribution in [3.8, 4) is 0 Å². The molecule has 1 fully saturated rings. The van der Waals surface area contributed by atoms with Crippen molar-refractivity contribution < 1.29 is 14.7 Å². The Morgan fingerprint density at radius 2 is 2.11 bits per heavy atom. The monoisotopic (exact) mass is 359 g/mol. The molecule has 0 heterocycles. The van der Waals surface area contributed by atoms with Crippen molar-refractivity contribution in [1.29, 1.82) is 0 Å². The Morgan fingerprint density at radius 1 is 1.39 bits per heavy atom. The molecular weight excluding hydrogens is 345 g/mol. The summed E-state index contributed by atoms with van der Waals surface area (Å²) in [4.78, 5) is 23.1. The van der Waals surface area contributed by atoms with E-state index in [1.165, 1.54) is 0 Å². The molecule has 1 aromatic carbocycles.